The number of nitrogens with one attached hydrogen (secondary N) is 1. The Morgan fingerprint density at radius 3 is 2.96 bits per heavy atom. The third-order valence-corrected chi connectivity index (χ3v) is 4.39. The highest BCUT2D eigenvalue weighted by Gasteiger charge is 2.24. The minimum atomic E-state index is -0.385. The number of amides is 2. The van der Waals surface area contributed by atoms with Crippen LogP contribution in [0.4, 0.5) is 9.18 Å². The maximum absolute atomic E-state index is 14.0. The zero-order valence-electron chi connectivity index (χ0n) is 14.2. The minimum Gasteiger partial charge on any atom is -0.490 e. The molecule has 0 radical (unpaired) electrons. The largest absolute Gasteiger partial charge is 0.490 e. The van der Waals surface area contributed by atoms with E-state index in [9.17, 15) is 9.18 Å². The van der Waals surface area contributed by atoms with Gasteiger partial charge in [-0.1, -0.05) is 12.1 Å². The normalized spacial score (nSPS) is 16.3. The zero-order chi connectivity index (χ0) is 17.6. The summed E-state index contributed by atoms with van der Waals surface area (Å²) in [6.07, 6.45) is 5.73. The van der Waals surface area contributed by atoms with E-state index in [4.69, 9.17) is 4.74 Å². The number of carbonyl (C=O) groups excluding carboxylic acids is 1. The number of rotatable bonds is 4. The number of nitrogens with zero attached hydrogens (tertiary/aromatic N) is 2. The predicted octanol–water partition coefficient (Wildman–Crippen LogP) is 3.32. The second-order valence-electron chi connectivity index (χ2n) is 6.18. The fraction of sp³-hybridized carbons (Fsp3) is 0.368. The van der Waals surface area contributed by atoms with Gasteiger partial charge in [-0.05, 0) is 43.0 Å². The van der Waals surface area contributed by atoms with Gasteiger partial charge in [0.1, 0.15) is 0 Å². The molecule has 1 aliphatic rings. The monoisotopic (exact) mass is 343 g/mol. The van der Waals surface area contributed by atoms with Crippen LogP contribution in [0, 0.1) is 5.82 Å². The van der Waals surface area contributed by atoms with Crippen LogP contribution in [-0.4, -0.2) is 36.1 Å². The first kappa shape index (κ1) is 17.2. The van der Waals surface area contributed by atoms with Crippen LogP contribution in [0.2, 0.25) is 0 Å². The molecule has 0 saturated carbocycles. The second kappa shape index (κ2) is 7.96. The molecule has 1 atom stereocenters. The molecule has 1 N–H and O–H groups in total. The van der Waals surface area contributed by atoms with Crippen molar-refractivity contribution in [3.05, 3.63) is 59.7 Å². The summed E-state index contributed by atoms with van der Waals surface area (Å²) in [4.78, 5) is 18.1. The molecule has 1 aromatic heterocycles. The van der Waals surface area contributed by atoms with Gasteiger partial charge in [0.15, 0.2) is 11.6 Å². The highest BCUT2D eigenvalue weighted by atomic mass is 19.1. The lowest BCUT2D eigenvalue weighted by Crippen LogP contribution is -2.40. The van der Waals surface area contributed by atoms with E-state index >= 15 is 0 Å². The minimum absolute atomic E-state index is 0.170. The highest BCUT2D eigenvalue weighted by molar-refractivity contribution is 5.74. The van der Waals surface area contributed by atoms with Crippen LogP contribution < -0.4 is 10.1 Å². The highest BCUT2D eigenvalue weighted by Crippen LogP contribution is 2.33. The molecule has 0 fully saturated rings. The summed E-state index contributed by atoms with van der Waals surface area (Å²) >= 11 is 0. The van der Waals surface area contributed by atoms with E-state index in [0.717, 1.165) is 24.8 Å². The lowest BCUT2D eigenvalue weighted by atomic mass is 10.0. The number of fused-ring (bicyclic) bond motifs is 1. The van der Waals surface area contributed by atoms with Crippen LogP contribution in [0.3, 0.4) is 0 Å². The first-order chi connectivity index (χ1) is 12.1. The van der Waals surface area contributed by atoms with E-state index in [0.29, 0.717) is 18.7 Å². The van der Waals surface area contributed by atoms with Crippen LogP contribution in [0.5, 0.6) is 5.75 Å². The molecule has 3 rings (SSSR count). The van der Waals surface area contributed by atoms with E-state index in [-0.39, 0.29) is 23.6 Å². The van der Waals surface area contributed by atoms with E-state index in [1.54, 1.807) is 30.4 Å². The van der Waals surface area contributed by atoms with E-state index in [1.807, 2.05) is 18.2 Å². The molecule has 132 valence electrons. The first-order valence-corrected chi connectivity index (χ1v) is 8.47. The fourth-order valence-corrected chi connectivity index (χ4v) is 2.93. The maximum Gasteiger partial charge on any atom is 0.317 e. The van der Waals surface area contributed by atoms with Crippen LogP contribution in [0.25, 0.3) is 0 Å². The Morgan fingerprint density at radius 2 is 2.16 bits per heavy atom. The van der Waals surface area contributed by atoms with Gasteiger partial charge >= 0.3 is 6.03 Å². The van der Waals surface area contributed by atoms with Gasteiger partial charge in [-0.2, -0.15) is 0 Å². The van der Waals surface area contributed by atoms with Crippen molar-refractivity contribution in [1.29, 1.82) is 0 Å². The quantitative estimate of drug-likeness (QED) is 0.926. The summed E-state index contributed by atoms with van der Waals surface area (Å²) in [5, 5.41) is 3.01. The smallest absolute Gasteiger partial charge is 0.317 e. The average molecular weight is 343 g/mol. The summed E-state index contributed by atoms with van der Waals surface area (Å²) in [6.45, 7) is 1.05. The van der Waals surface area contributed by atoms with E-state index < -0.39 is 0 Å². The standard InChI is InChI=1S/C19H22FN3O2/c1-23(12-9-14-7-10-21-11-8-14)19(24)22-17-6-3-13-25-18-15(17)4-2-5-16(18)20/h2,4-5,7-8,10-11,17H,3,6,9,12-13H2,1H3,(H,22,24)/t17-/m1/s1. The number of likely N-dealkylation sites (N-methyl/N-ethyl adjacent to an activating group) is 1. The molecule has 1 aliphatic heterocycles. The number of pyridine rings is 1. The number of para-hydroxylation sites is 1. The molecule has 25 heavy (non-hydrogen) atoms. The fourth-order valence-electron chi connectivity index (χ4n) is 2.93. The molecule has 0 aliphatic carbocycles. The van der Waals surface area contributed by atoms with Gasteiger partial charge < -0.3 is 15.0 Å². The summed E-state index contributed by atoms with van der Waals surface area (Å²) in [5.74, 6) is -0.130. The van der Waals surface area contributed by atoms with Crippen LogP contribution in [0.15, 0.2) is 42.7 Å². The van der Waals surface area contributed by atoms with Gasteiger partial charge in [-0.25, -0.2) is 9.18 Å². The van der Waals surface area contributed by atoms with Crippen LogP contribution in [-0.2, 0) is 6.42 Å². The van der Waals surface area contributed by atoms with Gasteiger partial charge in [-0.3, -0.25) is 4.98 Å². The molecule has 2 aromatic rings. The molecule has 1 aromatic carbocycles. The van der Waals surface area contributed by atoms with Gasteiger partial charge in [0.25, 0.3) is 0 Å². The molecule has 2 amide bonds. The molecule has 0 unspecified atom stereocenters. The SMILES string of the molecule is CN(CCc1ccncc1)C(=O)N[C@@H]1CCCOc2c(F)cccc21. The van der Waals surface area contributed by atoms with Crippen molar-refractivity contribution in [2.45, 2.75) is 25.3 Å². The van der Waals surface area contributed by atoms with Crippen molar-refractivity contribution in [3.8, 4) is 5.75 Å². The molecule has 0 spiro atoms. The van der Waals surface area contributed by atoms with Crippen molar-refractivity contribution in [2.24, 2.45) is 0 Å². The second-order valence-corrected chi connectivity index (χ2v) is 6.18. The first-order valence-electron chi connectivity index (χ1n) is 8.47. The lowest BCUT2D eigenvalue weighted by Gasteiger charge is -2.23. The van der Waals surface area contributed by atoms with Crippen molar-refractivity contribution in [1.82, 2.24) is 15.2 Å². The number of hydrogen-bond acceptors (Lipinski definition) is 3. The predicted molar refractivity (Wildman–Crippen MR) is 93.0 cm³/mol. The van der Waals surface area contributed by atoms with Crippen molar-refractivity contribution >= 4 is 6.03 Å². The third-order valence-electron chi connectivity index (χ3n) is 4.39. The summed E-state index contributed by atoms with van der Waals surface area (Å²) in [5.41, 5.74) is 1.83. The van der Waals surface area contributed by atoms with Crippen LogP contribution in [0.1, 0.15) is 30.0 Å². The summed E-state index contributed by atoms with van der Waals surface area (Å²) < 4.78 is 19.5. The number of halogens is 1. The Balaban J connectivity index is 1.63. The van der Waals surface area contributed by atoms with Crippen molar-refractivity contribution in [3.63, 3.8) is 0 Å². The molecule has 2 heterocycles. The lowest BCUT2D eigenvalue weighted by molar-refractivity contribution is 0.204. The average Bonchev–Trinajstić information content (AvgIpc) is 2.84. The number of urea groups is 1. The van der Waals surface area contributed by atoms with Gasteiger partial charge in [-0.15, -0.1) is 0 Å². The maximum atomic E-state index is 14.0. The van der Waals surface area contributed by atoms with Crippen LogP contribution >= 0.6 is 0 Å². The van der Waals surface area contributed by atoms with E-state index in [2.05, 4.69) is 10.3 Å². The number of aromatic nitrogens is 1. The Morgan fingerprint density at radius 1 is 1.36 bits per heavy atom. The summed E-state index contributed by atoms with van der Waals surface area (Å²) in [7, 11) is 1.76. The molecule has 5 nitrogen and oxygen atoms in total. The third kappa shape index (κ3) is 4.26. The Labute approximate surface area is 146 Å². The number of ether oxygens (including phenoxy) is 1. The Kier molecular flexibility index (Phi) is 5.48. The zero-order valence-corrected chi connectivity index (χ0v) is 14.2. The van der Waals surface area contributed by atoms with Gasteiger partial charge in [0.2, 0.25) is 0 Å². The Hall–Kier alpha value is -2.63. The van der Waals surface area contributed by atoms with Crippen molar-refractivity contribution < 1.29 is 13.9 Å². The number of hydrogen-bond donors (Lipinski definition) is 1. The molecule has 0 saturated heterocycles. The molecule has 0 bridgehead atoms. The van der Waals surface area contributed by atoms with Gasteiger partial charge in [0, 0.05) is 31.5 Å². The summed E-state index contributed by atoms with van der Waals surface area (Å²) in [6, 6.07) is 8.30. The number of benzene rings is 1. The molecule has 6 heteroatoms. The van der Waals surface area contributed by atoms with Crippen molar-refractivity contribution in [2.75, 3.05) is 20.2 Å². The number of carbonyl (C=O) groups is 1. The van der Waals surface area contributed by atoms with E-state index in [1.165, 1.54) is 6.07 Å². The Bertz CT molecular complexity index is 724. The molecular weight excluding hydrogens is 321 g/mol. The van der Waals surface area contributed by atoms with Gasteiger partial charge in [0.05, 0.1) is 12.6 Å². The topological polar surface area (TPSA) is 54.5 Å². The molecular formula is C19H22FN3O2.